The summed E-state index contributed by atoms with van der Waals surface area (Å²) in [7, 11) is 0. The highest BCUT2D eigenvalue weighted by Crippen LogP contribution is 2.18. The Bertz CT molecular complexity index is 447. The molecule has 0 unspecified atom stereocenters. The molecule has 6 heteroatoms. The van der Waals surface area contributed by atoms with Crippen LogP contribution in [0.3, 0.4) is 0 Å². The Hall–Kier alpha value is -1.24. The van der Waals surface area contributed by atoms with Gasteiger partial charge in [-0.15, -0.1) is 0 Å². The van der Waals surface area contributed by atoms with E-state index in [-0.39, 0.29) is 10.6 Å². The number of hydrogen-bond donors (Lipinski definition) is 1. The Morgan fingerprint density at radius 2 is 1.76 bits per heavy atom. The van der Waals surface area contributed by atoms with Gasteiger partial charge in [0.15, 0.2) is 0 Å². The van der Waals surface area contributed by atoms with Gasteiger partial charge in [-0.25, -0.2) is 4.39 Å². The van der Waals surface area contributed by atoms with Gasteiger partial charge < -0.3 is 20.1 Å². The molecule has 1 aromatic rings. The van der Waals surface area contributed by atoms with Crippen LogP contribution < -0.4 is 10.6 Å². The summed E-state index contributed by atoms with van der Waals surface area (Å²) in [6, 6.07) is 4.88. The maximum Gasteiger partial charge on any atom is 0.135 e. The number of nitrogens with zero attached hydrogens (tertiary/aromatic N) is 1. The second-order valence-corrected chi connectivity index (χ2v) is 4.85. The minimum Gasteiger partial charge on any atom is -0.389 e. The van der Waals surface area contributed by atoms with E-state index >= 15 is 0 Å². The lowest BCUT2D eigenvalue weighted by molar-refractivity contribution is 0.141. The van der Waals surface area contributed by atoms with Crippen LogP contribution in [0.2, 0.25) is 0 Å². The third-order valence-electron chi connectivity index (χ3n) is 3.00. The minimum absolute atomic E-state index is 0.0641. The minimum atomic E-state index is -0.405. The van der Waals surface area contributed by atoms with Crippen molar-refractivity contribution in [2.45, 2.75) is 13.8 Å². The van der Waals surface area contributed by atoms with E-state index in [1.165, 1.54) is 6.07 Å². The molecule has 0 heterocycles. The number of hydrogen-bond acceptors (Lipinski definition) is 4. The van der Waals surface area contributed by atoms with Gasteiger partial charge in [-0.3, -0.25) is 0 Å². The van der Waals surface area contributed by atoms with Gasteiger partial charge in [-0.1, -0.05) is 12.2 Å². The van der Waals surface area contributed by atoms with Crippen LogP contribution in [0.4, 0.5) is 10.1 Å². The summed E-state index contributed by atoms with van der Waals surface area (Å²) < 4.78 is 24.7. The van der Waals surface area contributed by atoms with Crippen LogP contribution in [0.5, 0.6) is 0 Å². The fourth-order valence-electron chi connectivity index (χ4n) is 1.91. The summed E-state index contributed by atoms with van der Waals surface area (Å²) in [6.07, 6.45) is 0. The number of rotatable bonds is 10. The van der Waals surface area contributed by atoms with E-state index in [0.29, 0.717) is 39.5 Å². The average molecular weight is 314 g/mol. The molecule has 0 saturated heterocycles. The SMILES string of the molecule is CCOCCN(CCOCC)c1ccc(C(N)=S)c(F)c1. The lowest BCUT2D eigenvalue weighted by atomic mass is 10.1. The number of nitrogens with two attached hydrogens (primary N) is 1. The largest absolute Gasteiger partial charge is 0.389 e. The molecule has 0 aliphatic heterocycles. The highest BCUT2D eigenvalue weighted by Gasteiger charge is 2.11. The van der Waals surface area contributed by atoms with Crippen molar-refractivity contribution < 1.29 is 13.9 Å². The molecule has 4 nitrogen and oxygen atoms in total. The third-order valence-corrected chi connectivity index (χ3v) is 3.22. The van der Waals surface area contributed by atoms with Gasteiger partial charge in [0.05, 0.1) is 13.2 Å². The van der Waals surface area contributed by atoms with Gasteiger partial charge >= 0.3 is 0 Å². The maximum absolute atomic E-state index is 14.0. The van der Waals surface area contributed by atoms with Crippen LogP contribution in [-0.4, -0.2) is 44.5 Å². The summed E-state index contributed by atoms with van der Waals surface area (Å²) in [5.41, 5.74) is 6.51. The number of benzene rings is 1. The Kier molecular flexibility index (Phi) is 8.19. The van der Waals surface area contributed by atoms with Crippen LogP contribution in [0.25, 0.3) is 0 Å². The third kappa shape index (κ3) is 5.95. The van der Waals surface area contributed by atoms with Crippen LogP contribution in [-0.2, 0) is 9.47 Å². The standard InChI is InChI=1S/C15H23FN2O2S/c1-3-19-9-7-18(8-10-20-4-2)12-5-6-13(15(17)21)14(16)11-12/h5-6,11H,3-4,7-10H2,1-2H3,(H2,17,21). The molecule has 0 fully saturated rings. The van der Waals surface area contributed by atoms with Crippen molar-refractivity contribution >= 4 is 22.9 Å². The average Bonchev–Trinajstić information content (AvgIpc) is 2.45. The summed E-state index contributed by atoms with van der Waals surface area (Å²) in [5.74, 6) is -0.405. The predicted molar refractivity (Wildman–Crippen MR) is 87.5 cm³/mol. The molecule has 21 heavy (non-hydrogen) atoms. The van der Waals surface area contributed by atoms with Gasteiger partial charge in [0.25, 0.3) is 0 Å². The molecule has 0 spiro atoms. The van der Waals surface area contributed by atoms with Crippen molar-refractivity contribution in [1.29, 1.82) is 0 Å². The lowest BCUT2D eigenvalue weighted by Crippen LogP contribution is -2.31. The summed E-state index contributed by atoms with van der Waals surface area (Å²) in [4.78, 5) is 2.09. The zero-order chi connectivity index (χ0) is 15.7. The van der Waals surface area contributed by atoms with E-state index in [4.69, 9.17) is 27.4 Å². The molecular weight excluding hydrogens is 291 g/mol. The summed E-state index contributed by atoms with van der Waals surface area (Å²) in [5, 5.41) is 0. The van der Waals surface area contributed by atoms with E-state index < -0.39 is 5.82 Å². The Morgan fingerprint density at radius 3 is 2.19 bits per heavy atom. The molecular formula is C15H23FN2O2S. The van der Waals surface area contributed by atoms with Crippen molar-refractivity contribution in [2.75, 3.05) is 44.4 Å². The monoisotopic (exact) mass is 314 g/mol. The topological polar surface area (TPSA) is 47.7 Å². The zero-order valence-corrected chi connectivity index (χ0v) is 13.4. The number of anilines is 1. The Labute approximate surface area is 131 Å². The molecule has 2 N–H and O–H groups in total. The van der Waals surface area contributed by atoms with Crippen molar-refractivity contribution in [3.8, 4) is 0 Å². The molecule has 0 radical (unpaired) electrons. The molecule has 0 saturated carbocycles. The highest BCUT2D eigenvalue weighted by molar-refractivity contribution is 7.80. The van der Waals surface area contributed by atoms with Gasteiger partial charge in [-0.05, 0) is 32.0 Å². The first kappa shape index (κ1) is 17.8. The fourth-order valence-corrected chi connectivity index (χ4v) is 2.07. The van der Waals surface area contributed by atoms with E-state index in [2.05, 4.69) is 0 Å². The van der Waals surface area contributed by atoms with Crippen LogP contribution in [0, 0.1) is 5.82 Å². The molecule has 0 aliphatic rings. The maximum atomic E-state index is 14.0. The number of halogens is 1. The molecule has 0 atom stereocenters. The predicted octanol–water partition coefficient (Wildman–Crippen LogP) is 2.34. The van der Waals surface area contributed by atoms with Crippen molar-refractivity contribution in [3.63, 3.8) is 0 Å². The molecule has 0 amide bonds. The van der Waals surface area contributed by atoms with Crippen LogP contribution in [0.1, 0.15) is 19.4 Å². The summed E-state index contributed by atoms with van der Waals surface area (Å²) in [6.45, 7) is 7.73. The second kappa shape index (κ2) is 9.65. The molecule has 1 aromatic carbocycles. The van der Waals surface area contributed by atoms with E-state index in [0.717, 1.165) is 5.69 Å². The summed E-state index contributed by atoms with van der Waals surface area (Å²) >= 11 is 4.81. The quantitative estimate of drug-likeness (QED) is 0.530. The first-order valence-corrected chi connectivity index (χ1v) is 7.50. The Balaban J connectivity index is 2.80. The van der Waals surface area contributed by atoms with Gasteiger partial charge in [0, 0.05) is 37.6 Å². The van der Waals surface area contributed by atoms with E-state index in [1.807, 2.05) is 24.8 Å². The molecule has 0 aromatic heterocycles. The lowest BCUT2D eigenvalue weighted by Gasteiger charge is -2.25. The normalized spacial score (nSPS) is 10.6. The molecule has 0 bridgehead atoms. The molecule has 1 rings (SSSR count). The highest BCUT2D eigenvalue weighted by atomic mass is 32.1. The first-order valence-electron chi connectivity index (χ1n) is 7.09. The van der Waals surface area contributed by atoms with Crippen LogP contribution >= 0.6 is 12.2 Å². The smallest absolute Gasteiger partial charge is 0.135 e. The van der Waals surface area contributed by atoms with E-state index in [1.54, 1.807) is 6.07 Å². The fraction of sp³-hybridized carbons (Fsp3) is 0.533. The molecule has 118 valence electrons. The number of thiocarbonyl (C=S) groups is 1. The first-order chi connectivity index (χ1) is 10.1. The Morgan fingerprint density at radius 1 is 1.19 bits per heavy atom. The molecule has 0 aliphatic carbocycles. The van der Waals surface area contributed by atoms with E-state index in [9.17, 15) is 4.39 Å². The van der Waals surface area contributed by atoms with Gasteiger partial charge in [0.2, 0.25) is 0 Å². The zero-order valence-electron chi connectivity index (χ0n) is 12.6. The second-order valence-electron chi connectivity index (χ2n) is 4.41. The van der Waals surface area contributed by atoms with Gasteiger partial charge in [0.1, 0.15) is 10.8 Å². The number of ether oxygens (including phenoxy) is 2. The van der Waals surface area contributed by atoms with Crippen molar-refractivity contribution in [3.05, 3.63) is 29.6 Å². The van der Waals surface area contributed by atoms with Crippen molar-refractivity contribution in [2.24, 2.45) is 5.73 Å². The van der Waals surface area contributed by atoms with Crippen LogP contribution in [0.15, 0.2) is 18.2 Å². The van der Waals surface area contributed by atoms with Gasteiger partial charge in [-0.2, -0.15) is 0 Å². The van der Waals surface area contributed by atoms with Crippen molar-refractivity contribution in [1.82, 2.24) is 0 Å².